The van der Waals surface area contributed by atoms with Crippen molar-refractivity contribution in [2.75, 3.05) is 19.5 Å². The molecule has 17 heavy (non-hydrogen) atoms. The van der Waals surface area contributed by atoms with E-state index < -0.39 is 5.82 Å². The minimum Gasteiger partial charge on any atom is -0.488 e. The third-order valence-corrected chi connectivity index (χ3v) is 2.25. The average Bonchev–Trinajstić information content (AvgIpc) is 2.26. The minimum absolute atomic E-state index is 0.0423. The molecule has 0 aromatic heterocycles. The lowest BCUT2D eigenvalue weighted by Crippen LogP contribution is -2.06. The smallest absolute Gasteiger partial charge is 0.305 e. The van der Waals surface area contributed by atoms with Gasteiger partial charge in [0.15, 0.2) is 11.6 Å². The first-order valence-corrected chi connectivity index (χ1v) is 5.36. The highest BCUT2D eigenvalue weighted by molar-refractivity contribution is 6.30. The summed E-state index contributed by atoms with van der Waals surface area (Å²) in [6.45, 7) is 0.178. The van der Waals surface area contributed by atoms with Gasteiger partial charge in [0, 0.05) is 11.4 Å². The van der Waals surface area contributed by atoms with Crippen LogP contribution in [0.3, 0.4) is 0 Å². The Balaban J connectivity index is 2.50. The van der Waals surface area contributed by atoms with Gasteiger partial charge in [0.1, 0.15) is 0 Å². The zero-order chi connectivity index (χ0) is 12.8. The van der Waals surface area contributed by atoms with Crippen molar-refractivity contribution in [2.45, 2.75) is 12.8 Å². The molecule has 1 aromatic carbocycles. The lowest BCUT2D eigenvalue weighted by molar-refractivity contribution is -0.140. The highest BCUT2D eigenvalue weighted by atomic mass is 35.5. The molecule has 6 heteroatoms. The fourth-order valence-electron chi connectivity index (χ4n) is 1.23. The predicted octanol–water partition coefficient (Wildman–Crippen LogP) is 2.39. The second kappa shape index (κ2) is 6.30. The van der Waals surface area contributed by atoms with Gasteiger partial charge in [0.25, 0.3) is 0 Å². The quantitative estimate of drug-likeness (QED) is 0.502. The number of rotatable bonds is 5. The number of methoxy groups -OCH3 is 1. The summed E-state index contributed by atoms with van der Waals surface area (Å²) in [4.78, 5) is 10.8. The maximum absolute atomic E-state index is 13.4. The second-order valence-corrected chi connectivity index (χ2v) is 3.77. The molecule has 2 N–H and O–H groups in total. The summed E-state index contributed by atoms with van der Waals surface area (Å²) in [6.07, 6.45) is 0.639. The first-order chi connectivity index (χ1) is 8.04. The van der Waals surface area contributed by atoms with E-state index in [2.05, 4.69) is 4.74 Å². The fraction of sp³-hybridized carbons (Fsp3) is 0.364. The summed E-state index contributed by atoms with van der Waals surface area (Å²) < 4.78 is 23.0. The van der Waals surface area contributed by atoms with Crippen LogP contribution < -0.4 is 10.5 Å². The summed E-state index contributed by atoms with van der Waals surface area (Å²) >= 11 is 5.61. The number of nitrogens with two attached hydrogens (primary N) is 1. The zero-order valence-corrected chi connectivity index (χ0v) is 10.1. The molecule has 0 saturated carbocycles. The molecule has 1 aromatic rings. The van der Waals surface area contributed by atoms with Gasteiger partial charge in [-0.15, -0.1) is 0 Å². The molecule has 0 amide bonds. The van der Waals surface area contributed by atoms with Crippen LogP contribution in [0.5, 0.6) is 5.75 Å². The Labute approximate surface area is 103 Å². The molecule has 0 spiro atoms. The maximum Gasteiger partial charge on any atom is 0.305 e. The normalized spacial score (nSPS) is 10.1. The Hall–Kier alpha value is -1.49. The lowest BCUT2D eigenvalue weighted by atomic mass is 10.3. The van der Waals surface area contributed by atoms with E-state index in [9.17, 15) is 9.18 Å². The van der Waals surface area contributed by atoms with Crippen molar-refractivity contribution in [1.82, 2.24) is 0 Å². The van der Waals surface area contributed by atoms with Crippen molar-refractivity contribution >= 4 is 23.3 Å². The monoisotopic (exact) mass is 261 g/mol. The van der Waals surface area contributed by atoms with E-state index >= 15 is 0 Å². The van der Waals surface area contributed by atoms with Crippen molar-refractivity contribution in [2.24, 2.45) is 0 Å². The standard InChI is InChI=1S/C11H13ClFNO3/c1-16-10(15)3-2-4-17-11-8(13)5-7(12)6-9(11)14/h5-6H,2-4,14H2,1H3. The van der Waals surface area contributed by atoms with Crippen molar-refractivity contribution in [1.29, 1.82) is 0 Å². The third-order valence-electron chi connectivity index (χ3n) is 2.04. The number of ether oxygens (including phenoxy) is 2. The van der Waals surface area contributed by atoms with Crippen molar-refractivity contribution in [3.05, 3.63) is 23.0 Å². The lowest BCUT2D eigenvalue weighted by Gasteiger charge is -2.09. The van der Waals surface area contributed by atoms with Crippen LogP contribution in [-0.4, -0.2) is 19.7 Å². The summed E-state index contributed by atoms with van der Waals surface area (Å²) in [5, 5.41) is 0.210. The van der Waals surface area contributed by atoms with E-state index in [4.69, 9.17) is 22.1 Å². The first kappa shape index (κ1) is 13.6. The third kappa shape index (κ3) is 4.11. The van der Waals surface area contributed by atoms with E-state index in [1.165, 1.54) is 13.2 Å². The van der Waals surface area contributed by atoms with E-state index in [0.29, 0.717) is 6.42 Å². The minimum atomic E-state index is -0.618. The van der Waals surface area contributed by atoms with Gasteiger partial charge in [-0.3, -0.25) is 4.79 Å². The van der Waals surface area contributed by atoms with Crippen LogP contribution in [0.15, 0.2) is 12.1 Å². The summed E-state index contributed by atoms with van der Waals surface area (Å²) in [5.74, 6) is -0.995. The molecule has 0 atom stereocenters. The SMILES string of the molecule is COC(=O)CCCOc1c(N)cc(Cl)cc1F. The Bertz CT molecular complexity index is 389. The van der Waals surface area contributed by atoms with Crippen molar-refractivity contribution in [3.8, 4) is 5.75 Å². The van der Waals surface area contributed by atoms with Crippen LogP contribution in [-0.2, 0) is 9.53 Å². The Morgan fingerprint density at radius 1 is 1.53 bits per heavy atom. The molecule has 0 radical (unpaired) electrons. The summed E-state index contributed by atoms with van der Waals surface area (Å²) in [6, 6.07) is 2.52. The van der Waals surface area contributed by atoms with E-state index in [1.807, 2.05) is 0 Å². The number of carbonyl (C=O) groups is 1. The molecule has 0 aliphatic rings. The number of halogens is 2. The predicted molar refractivity (Wildman–Crippen MR) is 62.6 cm³/mol. The number of carbonyl (C=O) groups excluding carboxylic acids is 1. The zero-order valence-electron chi connectivity index (χ0n) is 9.33. The molecule has 94 valence electrons. The number of hydrogen-bond donors (Lipinski definition) is 1. The Kier molecular flexibility index (Phi) is 5.03. The van der Waals surface area contributed by atoms with Gasteiger partial charge in [0.2, 0.25) is 0 Å². The van der Waals surface area contributed by atoms with Gasteiger partial charge in [-0.2, -0.15) is 0 Å². The number of hydrogen-bond acceptors (Lipinski definition) is 4. The molecule has 0 aliphatic heterocycles. The van der Waals surface area contributed by atoms with Crippen molar-refractivity contribution in [3.63, 3.8) is 0 Å². The van der Waals surface area contributed by atoms with Crippen LogP contribution in [0.2, 0.25) is 5.02 Å². The van der Waals surface area contributed by atoms with Gasteiger partial charge in [-0.05, 0) is 18.6 Å². The molecule has 1 rings (SSSR count). The van der Waals surface area contributed by atoms with Crippen LogP contribution in [0.1, 0.15) is 12.8 Å². The van der Waals surface area contributed by atoms with Gasteiger partial charge in [-0.1, -0.05) is 11.6 Å². The molecule has 0 heterocycles. The molecular weight excluding hydrogens is 249 g/mol. The molecule has 0 fully saturated rings. The highest BCUT2D eigenvalue weighted by Crippen LogP contribution is 2.29. The molecular formula is C11H13ClFNO3. The van der Waals surface area contributed by atoms with Gasteiger partial charge in [-0.25, -0.2) is 4.39 Å². The first-order valence-electron chi connectivity index (χ1n) is 4.98. The molecule has 0 unspecified atom stereocenters. The van der Waals surface area contributed by atoms with E-state index in [-0.39, 0.29) is 35.5 Å². The van der Waals surface area contributed by atoms with E-state index in [0.717, 1.165) is 6.07 Å². The largest absolute Gasteiger partial charge is 0.488 e. The van der Waals surface area contributed by atoms with Crippen LogP contribution in [0.4, 0.5) is 10.1 Å². The number of nitrogen functional groups attached to an aromatic ring is 1. The second-order valence-electron chi connectivity index (χ2n) is 3.33. The van der Waals surface area contributed by atoms with Crippen molar-refractivity contribution < 1.29 is 18.7 Å². The van der Waals surface area contributed by atoms with Gasteiger partial charge < -0.3 is 15.2 Å². The number of benzene rings is 1. The van der Waals surface area contributed by atoms with Gasteiger partial charge in [0.05, 0.1) is 19.4 Å². The molecule has 0 saturated heterocycles. The summed E-state index contributed by atoms with van der Waals surface area (Å²) in [5.41, 5.74) is 5.68. The summed E-state index contributed by atoms with van der Waals surface area (Å²) in [7, 11) is 1.31. The molecule has 0 aliphatic carbocycles. The topological polar surface area (TPSA) is 61.5 Å². The Morgan fingerprint density at radius 3 is 2.82 bits per heavy atom. The Morgan fingerprint density at radius 2 is 2.24 bits per heavy atom. The van der Waals surface area contributed by atoms with Crippen LogP contribution in [0, 0.1) is 5.82 Å². The highest BCUT2D eigenvalue weighted by Gasteiger charge is 2.10. The fourth-order valence-corrected chi connectivity index (χ4v) is 1.44. The van der Waals surface area contributed by atoms with Gasteiger partial charge >= 0.3 is 5.97 Å². The number of anilines is 1. The number of esters is 1. The molecule has 0 bridgehead atoms. The van der Waals surface area contributed by atoms with Crippen LogP contribution >= 0.6 is 11.6 Å². The maximum atomic E-state index is 13.4. The van der Waals surface area contributed by atoms with E-state index in [1.54, 1.807) is 0 Å². The average molecular weight is 262 g/mol. The van der Waals surface area contributed by atoms with Crippen LogP contribution in [0.25, 0.3) is 0 Å². The molecule has 4 nitrogen and oxygen atoms in total.